The Kier molecular flexibility index (Phi) is 4.32. The molecule has 0 heterocycles. The molecule has 0 saturated carbocycles. The number of nitrogens with one attached hydrogen (secondary N) is 1. The minimum atomic E-state index is -4.22. The van der Waals surface area contributed by atoms with Gasteiger partial charge in [0.2, 0.25) is 5.91 Å². The zero-order valence-electron chi connectivity index (χ0n) is 9.84. The van der Waals surface area contributed by atoms with Gasteiger partial charge in [-0.15, -0.1) is 0 Å². The lowest BCUT2D eigenvalue weighted by Gasteiger charge is -2.09. The molecule has 0 aliphatic rings. The summed E-state index contributed by atoms with van der Waals surface area (Å²) in [6.07, 6.45) is 0. The highest BCUT2D eigenvalue weighted by atomic mass is 35.7. The third kappa shape index (κ3) is 3.55. The smallest absolute Gasteiger partial charge is 0.294 e. The first-order valence-electron chi connectivity index (χ1n) is 4.75. The van der Waals surface area contributed by atoms with E-state index in [4.69, 9.17) is 15.4 Å². The van der Waals surface area contributed by atoms with Gasteiger partial charge < -0.3 is 10.1 Å². The maximum Gasteiger partial charge on any atom is 0.294 e. The van der Waals surface area contributed by atoms with Crippen molar-refractivity contribution in [3.8, 4) is 5.75 Å². The number of ether oxygens (including phenoxy) is 1. The van der Waals surface area contributed by atoms with Crippen molar-refractivity contribution in [1.82, 2.24) is 0 Å². The van der Waals surface area contributed by atoms with Crippen molar-refractivity contribution in [1.29, 1.82) is 0 Å². The lowest BCUT2D eigenvalue weighted by molar-refractivity contribution is -0.384. The first-order chi connectivity index (χ1) is 8.66. The van der Waals surface area contributed by atoms with E-state index >= 15 is 0 Å². The lowest BCUT2D eigenvalue weighted by atomic mass is 10.2. The summed E-state index contributed by atoms with van der Waals surface area (Å²) in [6, 6.07) is 1.75. The molecular weight excluding hydrogens is 300 g/mol. The normalized spacial score (nSPS) is 10.9. The Bertz CT molecular complexity index is 642. The Morgan fingerprint density at radius 2 is 2.05 bits per heavy atom. The van der Waals surface area contributed by atoms with Gasteiger partial charge >= 0.3 is 0 Å². The van der Waals surface area contributed by atoms with E-state index in [0.29, 0.717) is 0 Å². The van der Waals surface area contributed by atoms with E-state index in [-0.39, 0.29) is 11.4 Å². The standard InChI is InChI=1S/C9H9ClN2O6S/c1-5(13)11-6-3-8(18-2)9(19(10,16)17)4-7(6)12(14)15/h3-4H,1-2H3,(H,11,13). The summed E-state index contributed by atoms with van der Waals surface area (Å²) in [4.78, 5) is 20.4. The summed E-state index contributed by atoms with van der Waals surface area (Å²) in [6.45, 7) is 1.16. The van der Waals surface area contributed by atoms with Crippen molar-refractivity contribution < 1.29 is 22.9 Å². The van der Waals surface area contributed by atoms with Crippen LogP contribution in [0.3, 0.4) is 0 Å². The molecule has 0 aliphatic heterocycles. The molecule has 1 aromatic carbocycles. The predicted molar refractivity (Wildman–Crippen MR) is 67.0 cm³/mol. The topological polar surface area (TPSA) is 116 Å². The minimum Gasteiger partial charge on any atom is -0.495 e. The van der Waals surface area contributed by atoms with Crippen LogP contribution in [-0.4, -0.2) is 26.4 Å². The molecule has 10 heteroatoms. The monoisotopic (exact) mass is 308 g/mol. The number of amides is 1. The average Bonchev–Trinajstić information content (AvgIpc) is 2.25. The van der Waals surface area contributed by atoms with E-state index in [1.54, 1.807) is 0 Å². The first kappa shape index (κ1) is 15.2. The summed E-state index contributed by atoms with van der Waals surface area (Å²) in [7, 11) is 2.11. The lowest BCUT2D eigenvalue weighted by Crippen LogP contribution is -2.09. The number of hydrogen-bond acceptors (Lipinski definition) is 6. The summed E-state index contributed by atoms with van der Waals surface area (Å²) in [5, 5.41) is 13.1. The van der Waals surface area contributed by atoms with Crippen LogP contribution in [0.25, 0.3) is 0 Å². The van der Waals surface area contributed by atoms with Crippen LogP contribution in [0.15, 0.2) is 17.0 Å². The van der Waals surface area contributed by atoms with Gasteiger partial charge in [0.25, 0.3) is 14.7 Å². The Hall–Kier alpha value is -1.87. The highest BCUT2D eigenvalue weighted by Gasteiger charge is 2.25. The molecule has 0 aromatic heterocycles. The van der Waals surface area contributed by atoms with Crippen molar-refractivity contribution in [2.24, 2.45) is 0 Å². The molecule has 104 valence electrons. The fraction of sp³-hybridized carbons (Fsp3) is 0.222. The van der Waals surface area contributed by atoms with Gasteiger partial charge in [0.1, 0.15) is 16.3 Å². The molecular formula is C9H9ClN2O6S. The molecule has 0 fully saturated rings. The number of halogens is 1. The van der Waals surface area contributed by atoms with Gasteiger partial charge in [-0.3, -0.25) is 14.9 Å². The van der Waals surface area contributed by atoms with Crippen LogP contribution in [-0.2, 0) is 13.8 Å². The van der Waals surface area contributed by atoms with Crippen LogP contribution in [0.5, 0.6) is 5.75 Å². The van der Waals surface area contributed by atoms with Crippen molar-refractivity contribution in [2.75, 3.05) is 12.4 Å². The fourth-order valence-corrected chi connectivity index (χ4v) is 2.34. The number of carbonyl (C=O) groups is 1. The van der Waals surface area contributed by atoms with Gasteiger partial charge in [-0.25, -0.2) is 8.42 Å². The number of carbonyl (C=O) groups excluding carboxylic acids is 1. The second-order valence-corrected chi connectivity index (χ2v) is 5.93. The van der Waals surface area contributed by atoms with Crippen LogP contribution >= 0.6 is 10.7 Å². The Balaban J connectivity index is 3.60. The maximum absolute atomic E-state index is 11.3. The molecule has 1 N–H and O–H groups in total. The number of nitro groups is 1. The van der Waals surface area contributed by atoms with Crippen LogP contribution < -0.4 is 10.1 Å². The third-order valence-electron chi connectivity index (χ3n) is 2.05. The summed E-state index contributed by atoms with van der Waals surface area (Å²) >= 11 is 0. The van der Waals surface area contributed by atoms with Crippen molar-refractivity contribution in [3.63, 3.8) is 0 Å². The fourth-order valence-electron chi connectivity index (χ4n) is 1.34. The number of benzene rings is 1. The number of methoxy groups -OCH3 is 1. The predicted octanol–water partition coefficient (Wildman–Crippen LogP) is 1.49. The second kappa shape index (κ2) is 5.41. The molecule has 0 radical (unpaired) electrons. The van der Waals surface area contributed by atoms with Gasteiger partial charge in [-0.2, -0.15) is 0 Å². The van der Waals surface area contributed by atoms with Crippen LogP contribution in [0.4, 0.5) is 11.4 Å². The summed E-state index contributed by atoms with van der Waals surface area (Å²) in [5.41, 5.74) is -0.784. The first-order valence-corrected chi connectivity index (χ1v) is 7.06. The van der Waals surface area contributed by atoms with Gasteiger partial charge in [0.15, 0.2) is 0 Å². The van der Waals surface area contributed by atoms with Crippen LogP contribution in [0.1, 0.15) is 6.92 Å². The SMILES string of the molecule is COc1cc(NC(C)=O)c([N+](=O)[O-])cc1S(=O)(=O)Cl. The molecule has 19 heavy (non-hydrogen) atoms. The quantitative estimate of drug-likeness (QED) is 0.512. The van der Waals surface area contributed by atoms with E-state index in [2.05, 4.69) is 5.32 Å². The van der Waals surface area contributed by atoms with Crippen molar-refractivity contribution in [2.45, 2.75) is 11.8 Å². The summed E-state index contributed by atoms with van der Waals surface area (Å²) < 4.78 is 27.4. The molecule has 0 bridgehead atoms. The van der Waals surface area contributed by atoms with E-state index < -0.39 is 30.5 Å². The van der Waals surface area contributed by atoms with Crippen molar-refractivity contribution in [3.05, 3.63) is 22.2 Å². The van der Waals surface area contributed by atoms with Gasteiger partial charge in [-0.05, 0) is 0 Å². The molecule has 0 spiro atoms. The zero-order valence-corrected chi connectivity index (χ0v) is 11.4. The van der Waals surface area contributed by atoms with E-state index in [0.717, 1.165) is 19.1 Å². The molecule has 1 aromatic rings. The molecule has 0 saturated heterocycles. The molecule has 0 unspecified atom stereocenters. The van der Waals surface area contributed by atoms with E-state index in [1.807, 2.05) is 0 Å². The summed E-state index contributed by atoms with van der Waals surface area (Å²) in [5.74, 6) is -0.754. The van der Waals surface area contributed by atoms with Crippen LogP contribution in [0.2, 0.25) is 0 Å². The number of nitrogens with zero attached hydrogens (tertiary/aromatic N) is 1. The Morgan fingerprint density at radius 3 is 2.42 bits per heavy atom. The van der Waals surface area contributed by atoms with Gasteiger partial charge in [0.05, 0.1) is 12.0 Å². The molecule has 0 aliphatic carbocycles. The molecule has 0 atom stereocenters. The minimum absolute atomic E-state index is 0.182. The molecule has 1 amide bonds. The van der Waals surface area contributed by atoms with Crippen LogP contribution in [0, 0.1) is 10.1 Å². The second-order valence-electron chi connectivity index (χ2n) is 3.40. The third-order valence-corrected chi connectivity index (χ3v) is 3.40. The Morgan fingerprint density at radius 1 is 1.47 bits per heavy atom. The van der Waals surface area contributed by atoms with Gasteiger partial charge in [0, 0.05) is 29.7 Å². The highest BCUT2D eigenvalue weighted by molar-refractivity contribution is 8.13. The molecule has 8 nitrogen and oxygen atoms in total. The molecule has 1 rings (SSSR count). The number of anilines is 1. The maximum atomic E-state index is 11.3. The van der Waals surface area contributed by atoms with Gasteiger partial charge in [-0.1, -0.05) is 0 Å². The highest BCUT2D eigenvalue weighted by Crippen LogP contribution is 2.36. The van der Waals surface area contributed by atoms with Crippen molar-refractivity contribution >= 4 is 37.0 Å². The average molecular weight is 309 g/mol. The zero-order chi connectivity index (χ0) is 14.8. The van der Waals surface area contributed by atoms with E-state index in [1.165, 1.54) is 7.11 Å². The number of hydrogen-bond donors (Lipinski definition) is 1. The largest absolute Gasteiger partial charge is 0.495 e. The van der Waals surface area contributed by atoms with E-state index in [9.17, 15) is 23.3 Å². The number of rotatable bonds is 4. The Labute approximate surface area is 112 Å². The number of nitro benzene ring substituents is 1.